The van der Waals surface area contributed by atoms with Crippen LogP contribution in [0.15, 0.2) is 71.5 Å². The molecule has 2 heterocycles. The molecule has 0 aliphatic rings. The fraction of sp³-hybridized carbons (Fsp3) is 0. The standard InChI is InChI=1S/2C5H5NO.C2H4/c2*7-5-3-1-2-4-6-5;1-2/h2*1-4H,(H,6,7);1-2H2. The summed E-state index contributed by atoms with van der Waals surface area (Å²) in [6.45, 7) is 6.00. The van der Waals surface area contributed by atoms with Gasteiger partial charge in [-0.05, 0) is 12.1 Å². The molecule has 2 aromatic heterocycles. The first kappa shape index (κ1) is 13.6. The highest BCUT2D eigenvalue weighted by Crippen LogP contribution is 1.67. The van der Waals surface area contributed by atoms with E-state index < -0.39 is 0 Å². The van der Waals surface area contributed by atoms with Crippen molar-refractivity contribution in [3.63, 3.8) is 0 Å². The first-order chi connectivity index (χ1) is 7.79. The van der Waals surface area contributed by atoms with Crippen molar-refractivity contribution in [3.05, 3.63) is 82.7 Å². The topological polar surface area (TPSA) is 65.7 Å². The van der Waals surface area contributed by atoms with Crippen LogP contribution in [0.2, 0.25) is 0 Å². The molecule has 0 saturated heterocycles. The Labute approximate surface area is 93.3 Å². The van der Waals surface area contributed by atoms with Gasteiger partial charge in [-0.15, -0.1) is 13.2 Å². The molecular weight excluding hydrogens is 204 g/mol. The van der Waals surface area contributed by atoms with Crippen molar-refractivity contribution in [1.29, 1.82) is 0 Å². The summed E-state index contributed by atoms with van der Waals surface area (Å²) in [6, 6.07) is 9.86. The van der Waals surface area contributed by atoms with Gasteiger partial charge in [0.2, 0.25) is 11.1 Å². The van der Waals surface area contributed by atoms with Gasteiger partial charge in [0.1, 0.15) is 0 Å². The highest BCUT2D eigenvalue weighted by molar-refractivity contribution is 4.89. The molecule has 4 nitrogen and oxygen atoms in total. The van der Waals surface area contributed by atoms with E-state index in [1.807, 2.05) is 0 Å². The number of aromatic nitrogens is 2. The minimum absolute atomic E-state index is 0.0532. The molecule has 0 aliphatic heterocycles. The molecule has 0 saturated carbocycles. The summed E-state index contributed by atoms with van der Waals surface area (Å²) in [6.07, 6.45) is 3.20. The Morgan fingerprint density at radius 2 is 1.12 bits per heavy atom. The van der Waals surface area contributed by atoms with E-state index in [0.717, 1.165) is 0 Å². The first-order valence-corrected chi connectivity index (χ1v) is 4.56. The molecule has 16 heavy (non-hydrogen) atoms. The van der Waals surface area contributed by atoms with E-state index in [4.69, 9.17) is 0 Å². The van der Waals surface area contributed by atoms with Crippen molar-refractivity contribution < 1.29 is 0 Å². The van der Waals surface area contributed by atoms with Crippen LogP contribution in [-0.4, -0.2) is 9.97 Å². The summed E-state index contributed by atoms with van der Waals surface area (Å²) in [4.78, 5) is 25.4. The lowest BCUT2D eigenvalue weighted by molar-refractivity contribution is 1.24. The van der Waals surface area contributed by atoms with Gasteiger partial charge in [-0.2, -0.15) is 0 Å². The van der Waals surface area contributed by atoms with Crippen molar-refractivity contribution >= 4 is 0 Å². The van der Waals surface area contributed by atoms with Gasteiger partial charge in [0.15, 0.2) is 0 Å². The Balaban J connectivity index is 0.000000244. The van der Waals surface area contributed by atoms with Crippen molar-refractivity contribution in [3.8, 4) is 0 Å². The quantitative estimate of drug-likeness (QED) is 0.659. The van der Waals surface area contributed by atoms with Gasteiger partial charge in [0.05, 0.1) is 0 Å². The van der Waals surface area contributed by atoms with Crippen molar-refractivity contribution in [1.82, 2.24) is 9.97 Å². The smallest absolute Gasteiger partial charge is 0.247 e. The zero-order valence-corrected chi connectivity index (χ0v) is 8.85. The van der Waals surface area contributed by atoms with Gasteiger partial charge >= 0.3 is 0 Å². The third kappa shape index (κ3) is 7.08. The van der Waals surface area contributed by atoms with E-state index in [1.165, 1.54) is 12.1 Å². The fourth-order valence-electron chi connectivity index (χ4n) is 0.754. The van der Waals surface area contributed by atoms with E-state index in [9.17, 15) is 9.59 Å². The highest BCUT2D eigenvalue weighted by atomic mass is 16.1. The van der Waals surface area contributed by atoms with Gasteiger partial charge in [-0.1, -0.05) is 12.1 Å². The number of pyridine rings is 2. The molecule has 0 amide bonds. The monoisotopic (exact) mass is 218 g/mol. The van der Waals surface area contributed by atoms with Crippen molar-refractivity contribution in [2.75, 3.05) is 0 Å². The molecule has 4 heteroatoms. The molecule has 2 aromatic rings. The van der Waals surface area contributed by atoms with E-state index >= 15 is 0 Å². The number of hydrogen-bond donors (Lipinski definition) is 2. The van der Waals surface area contributed by atoms with Crippen molar-refractivity contribution in [2.24, 2.45) is 0 Å². The lowest BCUT2D eigenvalue weighted by Crippen LogP contribution is -1.98. The van der Waals surface area contributed by atoms with Crippen LogP contribution in [0.1, 0.15) is 0 Å². The van der Waals surface area contributed by atoms with Crippen LogP contribution < -0.4 is 11.1 Å². The summed E-state index contributed by atoms with van der Waals surface area (Å²) in [7, 11) is 0. The zero-order chi connectivity index (χ0) is 12.2. The summed E-state index contributed by atoms with van der Waals surface area (Å²) < 4.78 is 0. The predicted octanol–water partition coefficient (Wildman–Crippen LogP) is 1.55. The van der Waals surface area contributed by atoms with Crippen molar-refractivity contribution in [2.45, 2.75) is 0 Å². The SMILES string of the molecule is C=C.O=c1cccc[nH]1.O=c1cccc[nH]1. The second-order valence-electron chi connectivity index (χ2n) is 2.45. The molecule has 0 unspecified atom stereocenters. The van der Waals surface area contributed by atoms with Gasteiger partial charge in [0.25, 0.3) is 0 Å². The van der Waals surface area contributed by atoms with Crippen LogP contribution >= 0.6 is 0 Å². The molecule has 84 valence electrons. The summed E-state index contributed by atoms with van der Waals surface area (Å²) in [5.74, 6) is 0. The first-order valence-electron chi connectivity index (χ1n) is 4.56. The number of aromatic amines is 2. The summed E-state index contributed by atoms with van der Waals surface area (Å²) in [5, 5.41) is 0. The average Bonchev–Trinajstić information content (AvgIpc) is 2.34. The normalized spacial score (nSPS) is 7.75. The zero-order valence-electron chi connectivity index (χ0n) is 8.85. The summed E-state index contributed by atoms with van der Waals surface area (Å²) in [5.41, 5.74) is -0.106. The average molecular weight is 218 g/mol. The van der Waals surface area contributed by atoms with Crippen LogP contribution in [0.5, 0.6) is 0 Å². The number of H-pyrrole nitrogens is 2. The Morgan fingerprint density at radius 3 is 1.25 bits per heavy atom. The third-order valence-electron chi connectivity index (χ3n) is 1.36. The third-order valence-corrected chi connectivity index (χ3v) is 1.36. The lowest BCUT2D eigenvalue weighted by Gasteiger charge is -1.73. The van der Waals surface area contributed by atoms with Crippen LogP contribution in [0, 0.1) is 0 Å². The predicted molar refractivity (Wildman–Crippen MR) is 65.4 cm³/mol. The Bertz CT molecular complexity index is 408. The van der Waals surface area contributed by atoms with E-state index in [-0.39, 0.29) is 11.1 Å². The van der Waals surface area contributed by atoms with E-state index in [2.05, 4.69) is 23.1 Å². The maximum Gasteiger partial charge on any atom is 0.247 e. The second-order valence-corrected chi connectivity index (χ2v) is 2.45. The maximum atomic E-state index is 10.2. The molecule has 2 rings (SSSR count). The van der Waals surface area contributed by atoms with Crippen LogP contribution in [-0.2, 0) is 0 Å². The molecular formula is C12H14N2O2. The van der Waals surface area contributed by atoms with E-state index in [1.54, 1.807) is 36.7 Å². The van der Waals surface area contributed by atoms with Gasteiger partial charge in [-0.25, -0.2) is 0 Å². The molecule has 0 aromatic carbocycles. The van der Waals surface area contributed by atoms with Gasteiger partial charge in [0, 0.05) is 24.5 Å². The summed E-state index contributed by atoms with van der Waals surface area (Å²) >= 11 is 0. The van der Waals surface area contributed by atoms with Crippen LogP contribution in [0.25, 0.3) is 0 Å². The van der Waals surface area contributed by atoms with Crippen LogP contribution in [0.4, 0.5) is 0 Å². The number of rotatable bonds is 0. The second kappa shape index (κ2) is 9.21. The molecule has 0 radical (unpaired) electrons. The number of hydrogen-bond acceptors (Lipinski definition) is 2. The molecule has 0 spiro atoms. The minimum atomic E-state index is -0.0532. The molecule has 0 atom stereocenters. The van der Waals surface area contributed by atoms with Gasteiger partial charge in [-0.3, -0.25) is 9.59 Å². The minimum Gasteiger partial charge on any atom is -0.329 e. The van der Waals surface area contributed by atoms with E-state index in [0.29, 0.717) is 0 Å². The Hall–Kier alpha value is -2.36. The molecule has 0 aliphatic carbocycles. The van der Waals surface area contributed by atoms with Gasteiger partial charge < -0.3 is 9.97 Å². The number of nitrogens with one attached hydrogen (secondary N) is 2. The Morgan fingerprint density at radius 1 is 0.750 bits per heavy atom. The highest BCUT2D eigenvalue weighted by Gasteiger charge is 1.70. The molecule has 2 N–H and O–H groups in total. The fourth-order valence-corrected chi connectivity index (χ4v) is 0.754. The van der Waals surface area contributed by atoms with Crippen LogP contribution in [0.3, 0.4) is 0 Å². The Kier molecular flexibility index (Phi) is 7.85. The lowest BCUT2D eigenvalue weighted by atomic mass is 10.5. The molecule has 0 bridgehead atoms. The largest absolute Gasteiger partial charge is 0.329 e. The molecule has 0 fully saturated rings. The maximum absolute atomic E-state index is 10.2.